The topological polar surface area (TPSA) is 59.9 Å². The van der Waals surface area contributed by atoms with E-state index in [1.165, 1.54) is 0 Å². The Balaban J connectivity index is 1.54. The van der Waals surface area contributed by atoms with Crippen LogP contribution in [0.5, 0.6) is 5.75 Å². The molecule has 0 aliphatic rings. The molecule has 0 saturated carbocycles. The van der Waals surface area contributed by atoms with Gasteiger partial charge in [0.25, 0.3) is 0 Å². The molecule has 0 unspecified atom stereocenters. The van der Waals surface area contributed by atoms with Crippen LogP contribution in [0, 0.1) is 6.92 Å². The molecule has 124 valence electrons. The van der Waals surface area contributed by atoms with E-state index in [2.05, 4.69) is 20.3 Å². The third-order valence-electron chi connectivity index (χ3n) is 3.84. The first-order chi connectivity index (χ1) is 12.3. The Labute approximate surface area is 149 Å². The van der Waals surface area contributed by atoms with E-state index in [1.54, 1.807) is 17.7 Å². The number of benzene rings is 2. The number of hydrogen-bond acceptors (Lipinski definition) is 6. The molecule has 5 nitrogen and oxygen atoms in total. The highest BCUT2D eigenvalue weighted by Crippen LogP contribution is 2.27. The van der Waals surface area contributed by atoms with Crippen molar-refractivity contribution in [2.24, 2.45) is 0 Å². The molecule has 25 heavy (non-hydrogen) atoms. The fraction of sp³-hybridized carbons (Fsp3) is 0.105. The minimum Gasteiger partial charge on any atom is -0.487 e. The predicted octanol–water partition coefficient (Wildman–Crippen LogP) is 4.72. The third-order valence-corrected chi connectivity index (χ3v) is 4.47. The van der Waals surface area contributed by atoms with Crippen LogP contribution >= 0.6 is 11.3 Å². The Hall–Kier alpha value is -2.99. The summed E-state index contributed by atoms with van der Waals surface area (Å²) in [7, 11) is 0. The SMILES string of the molecule is Cc1cc(Nc2ncnc3ccccc23)ccc1OCc1cscn1. The van der Waals surface area contributed by atoms with Gasteiger partial charge in [-0.05, 0) is 42.8 Å². The van der Waals surface area contributed by atoms with Crippen LogP contribution in [0.1, 0.15) is 11.3 Å². The number of aromatic nitrogens is 3. The van der Waals surface area contributed by atoms with E-state index in [0.29, 0.717) is 6.61 Å². The zero-order valence-electron chi connectivity index (χ0n) is 13.6. The van der Waals surface area contributed by atoms with Crippen LogP contribution in [0.3, 0.4) is 0 Å². The van der Waals surface area contributed by atoms with Crippen molar-refractivity contribution in [1.82, 2.24) is 15.0 Å². The molecule has 2 aromatic carbocycles. The highest BCUT2D eigenvalue weighted by Gasteiger charge is 2.06. The van der Waals surface area contributed by atoms with Crippen LogP contribution in [-0.4, -0.2) is 15.0 Å². The van der Waals surface area contributed by atoms with E-state index in [1.807, 2.05) is 60.3 Å². The molecule has 6 heteroatoms. The maximum absolute atomic E-state index is 5.85. The van der Waals surface area contributed by atoms with Gasteiger partial charge in [-0.25, -0.2) is 15.0 Å². The summed E-state index contributed by atoms with van der Waals surface area (Å²) >= 11 is 1.57. The molecule has 0 aliphatic heterocycles. The molecule has 0 saturated heterocycles. The number of ether oxygens (including phenoxy) is 1. The van der Waals surface area contributed by atoms with Gasteiger partial charge < -0.3 is 10.1 Å². The highest BCUT2D eigenvalue weighted by molar-refractivity contribution is 7.07. The lowest BCUT2D eigenvalue weighted by molar-refractivity contribution is 0.300. The number of rotatable bonds is 5. The summed E-state index contributed by atoms with van der Waals surface area (Å²) in [5, 5.41) is 6.35. The molecular weight excluding hydrogens is 332 g/mol. The van der Waals surface area contributed by atoms with E-state index in [0.717, 1.165) is 39.4 Å². The molecule has 4 aromatic rings. The summed E-state index contributed by atoms with van der Waals surface area (Å²) in [5.41, 5.74) is 5.69. The Kier molecular flexibility index (Phi) is 4.26. The van der Waals surface area contributed by atoms with Crippen LogP contribution < -0.4 is 10.1 Å². The fourth-order valence-corrected chi connectivity index (χ4v) is 3.13. The maximum atomic E-state index is 5.85. The van der Waals surface area contributed by atoms with Crippen molar-refractivity contribution in [3.8, 4) is 5.75 Å². The standard InChI is InChI=1S/C19H16N4OS/c1-13-8-14(6-7-18(13)24-9-15-10-25-12-22-15)23-19-16-4-2-3-5-17(16)20-11-21-19/h2-8,10-12H,9H2,1H3,(H,20,21,23). The Morgan fingerprint density at radius 3 is 2.84 bits per heavy atom. The van der Waals surface area contributed by atoms with Crippen molar-refractivity contribution in [1.29, 1.82) is 0 Å². The normalized spacial score (nSPS) is 10.8. The molecule has 2 aromatic heterocycles. The number of anilines is 2. The Bertz CT molecular complexity index is 996. The van der Waals surface area contributed by atoms with Gasteiger partial charge in [0.15, 0.2) is 0 Å². The quantitative estimate of drug-likeness (QED) is 0.565. The monoisotopic (exact) mass is 348 g/mol. The second-order valence-electron chi connectivity index (χ2n) is 5.61. The number of fused-ring (bicyclic) bond motifs is 1. The first-order valence-corrected chi connectivity index (χ1v) is 8.81. The van der Waals surface area contributed by atoms with E-state index in [9.17, 15) is 0 Å². The summed E-state index contributed by atoms with van der Waals surface area (Å²) in [6, 6.07) is 13.9. The smallest absolute Gasteiger partial charge is 0.141 e. The number of aryl methyl sites for hydroxylation is 1. The van der Waals surface area contributed by atoms with E-state index in [4.69, 9.17) is 4.74 Å². The molecule has 0 fully saturated rings. The van der Waals surface area contributed by atoms with Crippen molar-refractivity contribution >= 4 is 33.7 Å². The second-order valence-corrected chi connectivity index (χ2v) is 6.33. The minimum absolute atomic E-state index is 0.480. The molecule has 1 N–H and O–H groups in total. The van der Waals surface area contributed by atoms with Crippen molar-refractivity contribution in [3.63, 3.8) is 0 Å². The van der Waals surface area contributed by atoms with Gasteiger partial charge in [0.1, 0.15) is 24.5 Å². The van der Waals surface area contributed by atoms with Gasteiger partial charge in [0.2, 0.25) is 0 Å². The van der Waals surface area contributed by atoms with Crippen molar-refractivity contribution in [2.45, 2.75) is 13.5 Å². The molecule has 0 amide bonds. The lowest BCUT2D eigenvalue weighted by Gasteiger charge is -2.12. The van der Waals surface area contributed by atoms with Crippen LogP contribution in [0.25, 0.3) is 10.9 Å². The lowest BCUT2D eigenvalue weighted by Crippen LogP contribution is -1.99. The van der Waals surface area contributed by atoms with Crippen LogP contribution in [0.15, 0.2) is 59.7 Å². The first kappa shape index (κ1) is 15.5. The molecule has 0 aliphatic carbocycles. The number of thiazole rings is 1. The van der Waals surface area contributed by atoms with E-state index in [-0.39, 0.29) is 0 Å². The molecular formula is C19H16N4OS. The first-order valence-electron chi connectivity index (χ1n) is 7.87. The molecule has 0 bridgehead atoms. The molecule has 0 radical (unpaired) electrons. The maximum Gasteiger partial charge on any atom is 0.141 e. The van der Waals surface area contributed by atoms with Gasteiger partial charge in [-0.15, -0.1) is 11.3 Å². The van der Waals surface area contributed by atoms with Crippen molar-refractivity contribution in [3.05, 3.63) is 70.9 Å². The van der Waals surface area contributed by atoms with Gasteiger partial charge in [0, 0.05) is 16.5 Å². The summed E-state index contributed by atoms with van der Waals surface area (Å²) in [6.07, 6.45) is 1.57. The van der Waals surface area contributed by atoms with Crippen molar-refractivity contribution < 1.29 is 4.74 Å². The average molecular weight is 348 g/mol. The predicted molar refractivity (Wildman–Crippen MR) is 100 cm³/mol. The van der Waals surface area contributed by atoms with Crippen LogP contribution in [-0.2, 0) is 6.61 Å². The number of nitrogens with one attached hydrogen (secondary N) is 1. The molecule has 0 spiro atoms. The lowest BCUT2D eigenvalue weighted by atomic mass is 10.2. The summed E-state index contributed by atoms with van der Waals surface area (Å²) in [6.45, 7) is 2.51. The second kappa shape index (κ2) is 6.86. The Morgan fingerprint density at radius 1 is 1.08 bits per heavy atom. The minimum atomic E-state index is 0.480. The van der Waals surface area contributed by atoms with Gasteiger partial charge >= 0.3 is 0 Å². The van der Waals surface area contributed by atoms with Gasteiger partial charge in [0.05, 0.1) is 16.7 Å². The average Bonchev–Trinajstić information content (AvgIpc) is 3.15. The summed E-state index contributed by atoms with van der Waals surface area (Å²) in [5.74, 6) is 1.65. The number of para-hydroxylation sites is 1. The zero-order chi connectivity index (χ0) is 17.1. The fourth-order valence-electron chi connectivity index (χ4n) is 2.59. The Morgan fingerprint density at radius 2 is 2.00 bits per heavy atom. The van der Waals surface area contributed by atoms with Gasteiger partial charge in [-0.1, -0.05) is 12.1 Å². The number of hydrogen-bond donors (Lipinski definition) is 1. The third kappa shape index (κ3) is 3.44. The molecule has 4 rings (SSSR count). The molecule has 0 atom stereocenters. The molecule has 2 heterocycles. The highest BCUT2D eigenvalue weighted by atomic mass is 32.1. The van der Waals surface area contributed by atoms with E-state index >= 15 is 0 Å². The van der Waals surface area contributed by atoms with Crippen molar-refractivity contribution in [2.75, 3.05) is 5.32 Å². The van der Waals surface area contributed by atoms with Gasteiger partial charge in [-0.3, -0.25) is 0 Å². The van der Waals surface area contributed by atoms with E-state index < -0.39 is 0 Å². The summed E-state index contributed by atoms with van der Waals surface area (Å²) in [4.78, 5) is 12.9. The van der Waals surface area contributed by atoms with Gasteiger partial charge in [-0.2, -0.15) is 0 Å². The number of nitrogens with zero attached hydrogens (tertiary/aromatic N) is 3. The summed E-state index contributed by atoms with van der Waals surface area (Å²) < 4.78 is 5.85. The largest absolute Gasteiger partial charge is 0.487 e. The van der Waals surface area contributed by atoms with Crippen LogP contribution in [0.4, 0.5) is 11.5 Å². The zero-order valence-corrected chi connectivity index (χ0v) is 14.5. The van der Waals surface area contributed by atoms with Crippen LogP contribution in [0.2, 0.25) is 0 Å².